The fourth-order valence-electron chi connectivity index (χ4n) is 1.84. The monoisotopic (exact) mass is 348 g/mol. The van der Waals surface area contributed by atoms with Gasteiger partial charge in [0, 0.05) is 22.3 Å². The quantitative estimate of drug-likeness (QED) is 0.874. The SMILES string of the molecule is Cc1noc(C)c1CNc1ccc(Br)cc1C(F)(F)F. The van der Waals surface area contributed by atoms with Crippen molar-refractivity contribution in [1.29, 1.82) is 0 Å². The number of benzene rings is 1. The zero-order valence-electron chi connectivity index (χ0n) is 10.8. The maximum absolute atomic E-state index is 13.0. The Kier molecular flexibility index (Phi) is 4.08. The molecule has 1 aromatic carbocycles. The molecule has 0 aliphatic rings. The molecule has 7 heteroatoms. The van der Waals surface area contributed by atoms with Crippen molar-refractivity contribution < 1.29 is 17.7 Å². The first-order valence-electron chi connectivity index (χ1n) is 5.81. The molecule has 0 aliphatic heterocycles. The van der Waals surface area contributed by atoms with Gasteiger partial charge in [-0.2, -0.15) is 13.2 Å². The Morgan fingerprint density at radius 3 is 2.55 bits per heavy atom. The number of aromatic nitrogens is 1. The van der Waals surface area contributed by atoms with E-state index in [2.05, 4.69) is 26.4 Å². The van der Waals surface area contributed by atoms with Crippen LogP contribution in [0.4, 0.5) is 18.9 Å². The average Bonchev–Trinajstić information content (AvgIpc) is 2.67. The number of rotatable bonds is 3. The average molecular weight is 349 g/mol. The van der Waals surface area contributed by atoms with Gasteiger partial charge < -0.3 is 9.84 Å². The van der Waals surface area contributed by atoms with E-state index in [1.54, 1.807) is 19.9 Å². The molecule has 0 spiro atoms. The molecule has 1 aromatic heterocycles. The van der Waals surface area contributed by atoms with Crippen molar-refractivity contribution in [1.82, 2.24) is 5.16 Å². The molecule has 0 saturated heterocycles. The van der Waals surface area contributed by atoms with E-state index >= 15 is 0 Å². The summed E-state index contributed by atoms with van der Waals surface area (Å²) >= 11 is 3.05. The van der Waals surface area contributed by atoms with Crippen molar-refractivity contribution in [3.63, 3.8) is 0 Å². The predicted octanol–water partition coefficient (Wildman–Crippen LogP) is 4.68. The van der Waals surface area contributed by atoms with E-state index in [0.29, 0.717) is 15.9 Å². The van der Waals surface area contributed by atoms with Gasteiger partial charge in [0.1, 0.15) is 5.76 Å². The molecular formula is C13H12BrF3N2O. The van der Waals surface area contributed by atoms with E-state index in [0.717, 1.165) is 11.6 Å². The molecule has 0 unspecified atom stereocenters. The van der Waals surface area contributed by atoms with Crippen LogP contribution in [0.15, 0.2) is 27.2 Å². The zero-order valence-corrected chi connectivity index (χ0v) is 12.4. The van der Waals surface area contributed by atoms with E-state index in [1.165, 1.54) is 6.07 Å². The molecule has 0 amide bonds. The molecule has 1 N–H and O–H groups in total. The van der Waals surface area contributed by atoms with Gasteiger partial charge in [0.2, 0.25) is 0 Å². The van der Waals surface area contributed by atoms with Gasteiger partial charge in [0.25, 0.3) is 0 Å². The number of aryl methyl sites for hydroxylation is 2. The van der Waals surface area contributed by atoms with Gasteiger partial charge in [-0.15, -0.1) is 0 Å². The van der Waals surface area contributed by atoms with E-state index in [1.807, 2.05) is 0 Å². The summed E-state index contributed by atoms with van der Waals surface area (Å²) in [5, 5.41) is 6.56. The summed E-state index contributed by atoms with van der Waals surface area (Å²) in [4.78, 5) is 0. The van der Waals surface area contributed by atoms with Crippen LogP contribution in [0.1, 0.15) is 22.6 Å². The lowest BCUT2D eigenvalue weighted by Crippen LogP contribution is -2.11. The Labute approximate surface area is 122 Å². The molecule has 2 rings (SSSR count). The smallest absolute Gasteiger partial charge is 0.380 e. The molecule has 3 nitrogen and oxygen atoms in total. The molecule has 108 valence electrons. The molecule has 0 saturated carbocycles. The molecule has 2 aromatic rings. The third-order valence-corrected chi connectivity index (χ3v) is 3.42. The van der Waals surface area contributed by atoms with Gasteiger partial charge in [-0.25, -0.2) is 0 Å². The first-order chi connectivity index (χ1) is 9.29. The van der Waals surface area contributed by atoms with Crippen molar-refractivity contribution in [2.45, 2.75) is 26.6 Å². The summed E-state index contributed by atoms with van der Waals surface area (Å²) in [6.45, 7) is 3.70. The summed E-state index contributed by atoms with van der Waals surface area (Å²) in [5.41, 5.74) is 0.751. The summed E-state index contributed by atoms with van der Waals surface area (Å²) in [6.07, 6.45) is -4.41. The maximum atomic E-state index is 13.0. The van der Waals surface area contributed by atoms with Crippen LogP contribution in [0.3, 0.4) is 0 Å². The van der Waals surface area contributed by atoms with Crippen molar-refractivity contribution in [3.05, 3.63) is 45.3 Å². The Hall–Kier alpha value is -1.50. The molecule has 0 atom stereocenters. The topological polar surface area (TPSA) is 38.1 Å². The van der Waals surface area contributed by atoms with Crippen LogP contribution < -0.4 is 5.32 Å². The normalized spacial score (nSPS) is 11.7. The molecular weight excluding hydrogens is 337 g/mol. The Morgan fingerprint density at radius 2 is 2.00 bits per heavy atom. The van der Waals surface area contributed by atoms with Crippen molar-refractivity contribution in [2.24, 2.45) is 0 Å². The van der Waals surface area contributed by atoms with Gasteiger partial charge in [0.15, 0.2) is 0 Å². The van der Waals surface area contributed by atoms with Crippen molar-refractivity contribution in [2.75, 3.05) is 5.32 Å². The molecule has 20 heavy (non-hydrogen) atoms. The highest BCUT2D eigenvalue weighted by atomic mass is 79.9. The van der Waals surface area contributed by atoms with Gasteiger partial charge in [-0.1, -0.05) is 21.1 Å². The van der Waals surface area contributed by atoms with Crippen LogP contribution in [0.2, 0.25) is 0 Å². The second kappa shape index (κ2) is 5.47. The van der Waals surface area contributed by atoms with Crippen LogP contribution >= 0.6 is 15.9 Å². The van der Waals surface area contributed by atoms with Crippen molar-refractivity contribution in [3.8, 4) is 0 Å². The number of hydrogen-bond donors (Lipinski definition) is 1. The largest absolute Gasteiger partial charge is 0.418 e. The summed E-state index contributed by atoms with van der Waals surface area (Å²) in [7, 11) is 0. The van der Waals surface area contributed by atoms with E-state index in [9.17, 15) is 13.2 Å². The Balaban J connectivity index is 2.26. The van der Waals surface area contributed by atoms with Gasteiger partial charge in [-0.3, -0.25) is 0 Å². The lowest BCUT2D eigenvalue weighted by Gasteiger charge is -2.15. The zero-order chi connectivity index (χ0) is 14.9. The Bertz CT molecular complexity index is 603. The highest BCUT2D eigenvalue weighted by Crippen LogP contribution is 2.36. The standard InChI is InChI=1S/C13H12BrF3N2O/c1-7-10(8(2)20-19-7)6-18-12-4-3-9(14)5-11(12)13(15,16)17/h3-5,18H,6H2,1-2H3. The lowest BCUT2D eigenvalue weighted by atomic mass is 10.1. The summed E-state index contributed by atoms with van der Waals surface area (Å²) in [6, 6.07) is 4.01. The predicted molar refractivity (Wildman–Crippen MR) is 72.4 cm³/mol. The van der Waals surface area contributed by atoms with Crippen LogP contribution in [-0.2, 0) is 12.7 Å². The number of nitrogens with zero attached hydrogens (tertiary/aromatic N) is 1. The first kappa shape index (κ1) is 14.9. The second-order valence-corrected chi connectivity index (χ2v) is 5.26. The first-order valence-corrected chi connectivity index (χ1v) is 6.60. The number of halogens is 4. The minimum absolute atomic E-state index is 0.0284. The van der Waals surface area contributed by atoms with E-state index in [4.69, 9.17) is 4.52 Å². The fraction of sp³-hybridized carbons (Fsp3) is 0.308. The van der Waals surface area contributed by atoms with Gasteiger partial charge >= 0.3 is 6.18 Å². The van der Waals surface area contributed by atoms with E-state index < -0.39 is 11.7 Å². The molecule has 1 heterocycles. The lowest BCUT2D eigenvalue weighted by molar-refractivity contribution is -0.137. The third kappa shape index (κ3) is 3.15. The fourth-order valence-corrected chi connectivity index (χ4v) is 2.20. The second-order valence-electron chi connectivity index (χ2n) is 4.34. The molecule has 0 bridgehead atoms. The molecule has 0 radical (unpaired) electrons. The number of hydrogen-bond acceptors (Lipinski definition) is 3. The Morgan fingerprint density at radius 1 is 1.30 bits per heavy atom. The summed E-state index contributed by atoms with van der Waals surface area (Å²) in [5.74, 6) is 0.598. The molecule has 0 aliphatic carbocycles. The van der Waals surface area contributed by atoms with Gasteiger partial charge in [0.05, 0.1) is 11.3 Å². The summed E-state index contributed by atoms with van der Waals surface area (Å²) < 4.78 is 44.2. The van der Waals surface area contributed by atoms with Crippen LogP contribution in [0, 0.1) is 13.8 Å². The number of alkyl halides is 3. The van der Waals surface area contributed by atoms with Crippen molar-refractivity contribution >= 4 is 21.6 Å². The highest BCUT2D eigenvalue weighted by Gasteiger charge is 2.33. The third-order valence-electron chi connectivity index (χ3n) is 2.92. The minimum Gasteiger partial charge on any atom is -0.380 e. The van der Waals surface area contributed by atoms with Crippen LogP contribution in [0.5, 0.6) is 0 Å². The van der Waals surface area contributed by atoms with Crippen LogP contribution in [0.25, 0.3) is 0 Å². The highest BCUT2D eigenvalue weighted by molar-refractivity contribution is 9.10. The van der Waals surface area contributed by atoms with Crippen LogP contribution in [-0.4, -0.2) is 5.16 Å². The van der Waals surface area contributed by atoms with Gasteiger partial charge in [-0.05, 0) is 32.0 Å². The minimum atomic E-state index is -4.41. The number of nitrogens with one attached hydrogen (secondary N) is 1. The number of anilines is 1. The van der Waals surface area contributed by atoms with E-state index in [-0.39, 0.29) is 12.2 Å². The maximum Gasteiger partial charge on any atom is 0.418 e. The molecule has 0 fully saturated rings.